The Labute approximate surface area is 106 Å². The molecule has 1 aromatic rings. The highest BCUT2D eigenvalue weighted by Crippen LogP contribution is 2.22. The minimum absolute atomic E-state index is 0.0701. The van der Waals surface area contributed by atoms with Gasteiger partial charge in [-0.05, 0) is 18.5 Å². The number of hydrogen-bond acceptors (Lipinski definition) is 3. The summed E-state index contributed by atoms with van der Waals surface area (Å²) in [6.07, 6.45) is 0. The molecule has 1 fully saturated rings. The lowest BCUT2D eigenvalue weighted by Gasteiger charge is -2.14. The van der Waals surface area contributed by atoms with Gasteiger partial charge in [0.1, 0.15) is 11.6 Å². The first-order valence-corrected chi connectivity index (χ1v) is 5.96. The third-order valence-electron chi connectivity index (χ3n) is 3.23. The summed E-state index contributed by atoms with van der Waals surface area (Å²) in [5.74, 6) is 0.102. The van der Waals surface area contributed by atoms with Crippen LogP contribution in [-0.4, -0.2) is 26.1 Å². The maximum absolute atomic E-state index is 13.3. The second kappa shape index (κ2) is 5.35. The van der Waals surface area contributed by atoms with E-state index in [4.69, 9.17) is 4.74 Å². The van der Waals surface area contributed by atoms with E-state index in [0.717, 1.165) is 6.54 Å². The first-order valence-electron chi connectivity index (χ1n) is 5.96. The molecule has 0 aliphatic carbocycles. The molecular formula is C13H17FN2O2. The monoisotopic (exact) mass is 252 g/mol. The number of hydrogen-bond donors (Lipinski definition) is 2. The molecule has 5 heteroatoms. The summed E-state index contributed by atoms with van der Waals surface area (Å²) < 4.78 is 18.2. The van der Waals surface area contributed by atoms with Gasteiger partial charge < -0.3 is 15.4 Å². The zero-order valence-corrected chi connectivity index (χ0v) is 10.5. The second-order valence-corrected chi connectivity index (χ2v) is 4.61. The number of ether oxygens (including phenoxy) is 1. The van der Waals surface area contributed by atoms with Gasteiger partial charge in [0.05, 0.1) is 13.0 Å². The van der Waals surface area contributed by atoms with Crippen molar-refractivity contribution in [2.75, 3.05) is 25.5 Å². The van der Waals surface area contributed by atoms with Crippen LogP contribution in [0, 0.1) is 17.7 Å². The van der Waals surface area contributed by atoms with Crippen molar-refractivity contribution >= 4 is 11.6 Å². The van der Waals surface area contributed by atoms with Crippen molar-refractivity contribution in [2.45, 2.75) is 6.92 Å². The largest absolute Gasteiger partial charge is 0.497 e. The highest BCUT2D eigenvalue weighted by atomic mass is 19.1. The van der Waals surface area contributed by atoms with Crippen molar-refractivity contribution in [2.24, 2.45) is 11.8 Å². The summed E-state index contributed by atoms with van der Waals surface area (Å²) in [4.78, 5) is 12.0. The van der Waals surface area contributed by atoms with Gasteiger partial charge in [-0.1, -0.05) is 6.92 Å². The number of methoxy groups -OCH3 is 1. The lowest BCUT2D eigenvalue weighted by Crippen LogP contribution is -2.27. The maximum atomic E-state index is 13.3. The molecule has 1 aromatic carbocycles. The van der Waals surface area contributed by atoms with Crippen LogP contribution in [0.25, 0.3) is 0 Å². The number of amides is 1. The lowest BCUT2D eigenvalue weighted by molar-refractivity contribution is -0.120. The third-order valence-corrected chi connectivity index (χ3v) is 3.23. The van der Waals surface area contributed by atoms with Crippen LogP contribution in [0.3, 0.4) is 0 Å². The Morgan fingerprint density at radius 2 is 2.22 bits per heavy atom. The van der Waals surface area contributed by atoms with Crippen LogP contribution in [0.1, 0.15) is 6.92 Å². The molecule has 1 saturated heterocycles. The van der Waals surface area contributed by atoms with Crippen LogP contribution in [0.2, 0.25) is 0 Å². The summed E-state index contributed by atoms with van der Waals surface area (Å²) in [5.41, 5.74) is 0.427. The maximum Gasteiger partial charge on any atom is 0.229 e. The topological polar surface area (TPSA) is 50.4 Å². The van der Waals surface area contributed by atoms with Gasteiger partial charge in [-0.2, -0.15) is 0 Å². The van der Waals surface area contributed by atoms with E-state index in [-0.39, 0.29) is 11.8 Å². The summed E-state index contributed by atoms with van der Waals surface area (Å²) in [6.45, 7) is 3.53. The molecule has 0 bridgehead atoms. The van der Waals surface area contributed by atoms with Gasteiger partial charge in [0.25, 0.3) is 0 Å². The van der Waals surface area contributed by atoms with Crippen molar-refractivity contribution in [3.05, 3.63) is 24.0 Å². The fraction of sp³-hybridized carbons (Fsp3) is 0.462. The van der Waals surface area contributed by atoms with E-state index < -0.39 is 5.82 Å². The second-order valence-electron chi connectivity index (χ2n) is 4.61. The predicted octanol–water partition coefficient (Wildman–Crippen LogP) is 1.63. The molecular weight excluding hydrogens is 235 g/mol. The van der Waals surface area contributed by atoms with E-state index in [9.17, 15) is 9.18 Å². The zero-order chi connectivity index (χ0) is 13.1. The number of benzene rings is 1. The molecule has 18 heavy (non-hydrogen) atoms. The Bertz CT molecular complexity index is 451. The van der Waals surface area contributed by atoms with Crippen LogP contribution in [-0.2, 0) is 4.79 Å². The summed E-state index contributed by atoms with van der Waals surface area (Å²) in [5, 5.41) is 5.89. The van der Waals surface area contributed by atoms with Crippen molar-refractivity contribution in [3.8, 4) is 5.75 Å². The van der Waals surface area contributed by atoms with Crippen LogP contribution < -0.4 is 15.4 Å². The molecule has 1 aliphatic heterocycles. The van der Waals surface area contributed by atoms with E-state index in [1.165, 1.54) is 19.2 Å². The molecule has 2 N–H and O–H groups in total. The molecule has 2 atom stereocenters. The summed E-state index contributed by atoms with van der Waals surface area (Å²) in [7, 11) is 1.46. The van der Waals surface area contributed by atoms with Crippen molar-refractivity contribution in [3.63, 3.8) is 0 Å². The molecule has 4 nitrogen and oxygen atoms in total. The molecule has 0 aromatic heterocycles. The molecule has 0 radical (unpaired) electrons. The molecule has 2 rings (SSSR count). The van der Waals surface area contributed by atoms with Crippen molar-refractivity contribution < 1.29 is 13.9 Å². The highest BCUT2D eigenvalue weighted by Gasteiger charge is 2.29. The predicted molar refractivity (Wildman–Crippen MR) is 67.1 cm³/mol. The van der Waals surface area contributed by atoms with E-state index in [0.29, 0.717) is 23.9 Å². The molecule has 1 amide bonds. The number of anilines is 1. The van der Waals surface area contributed by atoms with Gasteiger partial charge in [-0.25, -0.2) is 4.39 Å². The van der Waals surface area contributed by atoms with Crippen molar-refractivity contribution in [1.82, 2.24) is 5.32 Å². The van der Waals surface area contributed by atoms with Gasteiger partial charge in [0.15, 0.2) is 0 Å². The standard InChI is InChI=1S/C13H17FN2O2/c1-8-6-15-7-12(8)13(17)16-10-3-9(14)4-11(5-10)18-2/h3-5,8,12,15H,6-7H2,1-2H3,(H,16,17)/t8-,12-/m1/s1. The van der Waals surface area contributed by atoms with Gasteiger partial charge in [-0.15, -0.1) is 0 Å². The normalized spacial score (nSPS) is 22.8. The zero-order valence-electron chi connectivity index (χ0n) is 10.5. The molecule has 0 saturated carbocycles. The molecule has 0 unspecified atom stereocenters. The first-order chi connectivity index (χ1) is 8.60. The average Bonchev–Trinajstić information content (AvgIpc) is 2.74. The smallest absolute Gasteiger partial charge is 0.229 e. The quantitative estimate of drug-likeness (QED) is 0.859. The van der Waals surface area contributed by atoms with Crippen LogP contribution >= 0.6 is 0 Å². The van der Waals surface area contributed by atoms with Gasteiger partial charge in [0, 0.05) is 24.4 Å². The summed E-state index contributed by atoms with van der Waals surface area (Å²) >= 11 is 0. The van der Waals surface area contributed by atoms with E-state index in [2.05, 4.69) is 10.6 Å². The minimum Gasteiger partial charge on any atom is -0.497 e. The van der Waals surface area contributed by atoms with E-state index in [1.807, 2.05) is 6.92 Å². The molecule has 1 heterocycles. The third kappa shape index (κ3) is 2.79. The molecule has 1 aliphatic rings. The number of halogens is 1. The molecule has 98 valence electrons. The van der Waals surface area contributed by atoms with Crippen LogP contribution in [0.5, 0.6) is 5.75 Å². The number of carbonyl (C=O) groups excluding carboxylic acids is 1. The number of rotatable bonds is 3. The highest BCUT2D eigenvalue weighted by molar-refractivity contribution is 5.93. The van der Waals surface area contributed by atoms with Gasteiger partial charge >= 0.3 is 0 Å². The SMILES string of the molecule is COc1cc(F)cc(NC(=O)[C@@H]2CNC[C@H]2C)c1. The lowest BCUT2D eigenvalue weighted by atomic mass is 9.97. The minimum atomic E-state index is -0.428. The molecule has 0 spiro atoms. The Morgan fingerprint density at radius 3 is 2.83 bits per heavy atom. The fourth-order valence-electron chi connectivity index (χ4n) is 2.15. The Kier molecular flexibility index (Phi) is 3.81. The van der Waals surface area contributed by atoms with E-state index >= 15 is 0 Å². The Balaban J connectivity index is 2.09. The van der Waals surface area contributed by atoms with Gasteiger partial charge in [-0.3, -0.25) is 4.79 Å². The van der Waals surface area contributed by atoms with E-state index in [1.54, 1.807) is 6.07 Å². The van der Waals surface area contributed by atoms with Crippen molar-refractivity contribution in [1.29, 1.82) is 0 Å². The first kappa shape index (κ1) is 12.8. The number of carbonyl (C=O) groups is 1. The van der Waals surface area contributed by atoms with Crippen LogP contribution in [0.4, 0.5) is 10.1 Å². The fourth-order valence-corrected chi connectivity index (χ4v) is 2.15. The Morgan fingerprint density at radius 1 is 1.44 bits per heavy atom. The van der Waals surface area contributed by atoms with Crippen LogP contribution in [0.15, 0.2) is 18.2 Å². The van der Waals surface area contributed by atoms with Gasteiger partial charge in [0.2, 0.25) is 5.91 Å². The Hall–Kier alpha value is -1.62. The average molecular weight is 252 g/mol. The summed E-state index contributed by atoms with van der Waals surface area (Å²) in [6, 6.07) is 4.16. The number of nitrogens with one attached hydrogen (secondary N) is 2.